The molecule has 0 saturated carbocycles. The van der Waals surface area contributed by atoms with Gasteiger partial charge in [0.1, 0.15) is 5.75 Å². The number of aromatic carboxylic acids is 1. The topological polar surface area (TPSA) is 82.1 Å². The van der Waals surface area contributed by atoms with E-state index >= 15 is 0 Å². The number of methoxy groups -OCH3 is 1. The van der Waals surface area contributed by atoms with Crippen LogP contribution in [0.5, 0.6) is 5.75 Å². The third-order valence-corrected chi connectivity index (χ3v) is 5.85. The SMILES string of the molecule is COc1ccc(C(=O)Nc2ccc(N3CCN(c4cccc(C)c4)CC3)cc2C(=O)O)cc1. The van der Waals surface area contributed by atoms with E-state index in [1.165, 1.54) is 11.3 Å². The number of carboxylic acid groups (broad SMARTS) is 1. The molecule has 0 bridgehead atoms. The second-order valence-electron chi connectivity index (χ2n) is 8.03. The van der Waals surface area contributed by atoms with E-state index in [2.05, 4.69) is 46.3 Å². The van der Waals surface area contributed by atoms with E-state index in [9.17, 15) is 14.7 Å². The molecule has 0 radical (unpaired) electrons. The van der Waals surface area contributed by atoms with Crippen molar-refractivity contribution in [1.29, 1.82) is 0 Å². The summed E-state index contributed by atoms with van der Waals surface area (Å²) in [7, 11) is 1.55. The second-order valence-corrected chi connectivity index (χ2v) is 8.03. The van der Waals surface area contributed by atoms with Gasteiger partial charge in [0, 0.05) is 43.1 Å². The zero-order chi connectivity index (χ0) is 23.4. The molecule has 1 aliphatic rings. The van der Waals surface area contributed by atoms with Gasteiger partial charge in [0.05, 0.1) is 18.4 Å². The van der Waals surface area contributed by atoms with Gasteiger partial charge in [-0.1, -0.05) is 12.1 Å². The number of amides is 1. The van der Waals surface area contributed by atoms with Crippen molar-refractivity contribution in [1.82, 2.24) is 0 Å². The van der Waals surface area contributed by atoms with Crippen molar-refractivity contribution < 1.29 is 19.4 Å². The average molecular weight is 446 g/mol. The molecule has 2 N–H and O–H groups in total. The van der Waals surface area contributed by atoms with Gasteiger partial charge in [0.2, 0.25) is 0 Å². The number of nitrogens with zero attached hydrogens (tertiary/aromatic N) is 2. The maximum absolute atomic E-state index is 12.6. The molecule has 1 saturated heterocycles. The van der Waals surface area contributed by atoms with E-state index in [0.29, 0.717) is 11.3 Å². The number of rotatable bonds is 6. The van der Waals surface area contributed by atoms with Crippen LogP contribution in [0.2, 0.25) is 0 Å². The quantitative estimate of drug-likeness (QED) is 0.589. The van der Waals surface area contributed by atoms with Gasteiger partial charge in [0.15, 0.2) is 0 Å². The molecule has 1 fully saturated rings. The van der Waals surface area contributed by atoms with Crippen LogP contribution in [-0.4, -0.2) is 50.3 Å². The van der Waals surface area contributed by atoms with Crippen LogP contribution in [0.15, 0.2) is 66.7 Å². The number of carbonyl (C=O) groups is 2. The Morgan fingerprint density at radius 1 is 0.879 bits per heavy atom. The Balaban J connectivity index is 1.47. The van der Waals surface area contributed by atoms with E-state index in [0.717, 1.165) is 31.9 Å². The lowest BCUT2D eigenvalue weighted by Crippen LogP contribution is -2.46. The fraction of sp³-hybridized carbons (Fsp3) is 0.231. The third kappa shape index (κ3) is 5.09. The van der Waals surface area contributed by atoms with Crippen LogP contribution in [-0.2, 0) is 0 Å². The predicted octanol–water partition coefficient (Wildman–Crippen LogP) is 4.28. The van der Waals surface area contributed by atoms with E-state index in [1.54, 1.807) is 43.5 Å². The summed E-state index contributed by atoms with van der Waals surface area (Å²) in [5, 5.41) is 12.5. The minimum absolute atomic E-state index is 0.0653. The molecule has 7 nitrogen and oxygen atoms in total. The van der Waals surface area contributed by atoms with Crippen molar-refractivity contribution in [3.8, 4) is 5.75 Å². The standard InChI is InChI=1S/C26H27N3O4/c1-18-4-3-5-20(16-18)28-12-14-29(15-13-28)21-8-11-24(23(17-21)26(31)32)27-25(30)19-6-9-22(33-2)10-7-19/h3-11,16-17H,12-15H2,1-2H3,(H,27,30)(H,31,32). The first-order valence-corrected chi connectivity index (χ1v) is 10.8. The molecule has 0 spiro atoms. The Labute approximate surface area is 193 Å². The number of hydrogen-bond donors (Lipinski definition) is 2. The van der Waals surface area contributed by atoms with E-state index in [1.807, 2.05) is 6.07 Å². The number of aryl methyl sites for hydroxylation is 1. The van der Waals surface area contributed by atoms with Crippen LogP contribution >= 0.6 is 0 Å². The predicted molar refractivity (Wildman–Crippen MR) is 130 cm³/mol. The van der Waals surface area contributed by atoms with Crippen molar-refractivity contribution in [2.45, 2.75) is 6.92 Å². The minimum Gasteiger partial charge on any atom is -0.497 e. The molecule has 0 aromatic heterocycles. The van der Waals surface area contributed by atoms with Gasteiger partial charge < -0.3 is 25.0 Å². The van der Waals surface area contributed by atoms with Crippen molar-refractivity contribution >= 4 is 28.9 Å². The lowest BCUT2D eigenvalue weighted by molar-refractivity contribution is 0.0698. The third-order valence-electron chi connectivity index (χ3n) is 5.85. The number of hydrogen-bond acceptors (Lipinski definition) is 5. The number of ether oxygens (including phenoxy) is 1. The summed E-state index contributed by atoms with van der Waals surface area (Å²) >= 11 is 0. The molecule has 4 rings (SSSR count). The highest BCUT2D eigenvalue weighted by molar-refractivity contribution is 6.08. The minimum atomic E-state index is -1.08. The summed E-state index contributed by atoms with van der Waals surface area (Å²) < 4.78 is 5.11. The molecule has 3 aromatic carbocycles. The fourth-order valence-electron chi connectivity index (χ4n) is 4.00. The first kappa shape index (κ1) is 22.2. The summed E-state index contributed by atoms with van der Waals surface area (Å²) in [4.78, 5) is 29.1. The van der Waals surface area contributed by atoms with Crippen LogP contribution in [0, 0.1) is 6.92 Å². The van der Waals surface area contributed by atoms with Gasteiger partial charge in [0.25, 0.3) is 5.91 Å². The maximum atomic E-state index is 12.6. The number of carbonyl (C=O) groups excluding carboxylic acids is 1. The molecule has 170 valence electrons. The number of carboxylic acids is 1. The van der Waals surface area contributed by atoms with Crippen LogP contribution in [0.1, 0.15) is 26.3 Å². The van der Waals surface area contributed by atoms with Gasteiger partial charge in [-0.2, -0.15) is 0 Å². The molecule has 1 heterocycles. The van der Waals surface area contributed by atoms with Gasteiger partial charge in [-0.25, -0.2) is 4.79 Å². The van der Waals surface area contributed by atoms with Gasteiger partial charge in [-0.3, -0.25) is 4.79 Å². The molecule has 0 atom stereocenters. The first-order valence-electron chi connectivity index (χ1n) is 10.8. The zero-order valence-corrected chi connectivity index (χ0v) is 18.7. The Bertz CT molecular complexity index is 1150. The summed E-state index contributed by atoms with van der Waals surface area (Å²) in [6.07, 6.45) is 0. The van der Waals surface area contributed by atoms with Crippen LogP contribution in [0.25, 0.3) is 0 Å². The maximum Gasteiger partial charge on any atom is 0.337 e. The lowest BCUT2D eigenvalue weighted by Gasteiger charge is -2.37. The molecular weight excluding hydrogens is 418 g/mol. The Morgan fingerprint density at radius 3 is 2.09 bits per heavy atom. The van der Waals surface area contributed by atoms with Gasteiger partial charge >= 0.3 is 5.97 Å². The summed E-state index contributed by atoms with van der Waals surface area (Å²) in [5.41, 5.74) is 4.02. The van der Waals surface area contributed by atoms with Crippen LogP contribution in [0.3, 0.4) is 0 Å². The average Bonchev–Trinajstić information content (AvgIpc) is 2.84. The Morgan fingerprint density at radius 2 is 1.52 bits per heavy atom. The molecule has 7 heteroatoms. The first-order chi connectivity index (χ1) is 15.9. The molecule has 0 unspecified atom stereocenters. The molecule has 1 aliphatic heterocycles. The van der Waals surface area contributed by atoms with Gasteiger partial charge in [-0.05, 0) is 67.1 Å². The lowest BCUT2D eigenvalue weighted by atomic mass is 10.1. The van der Waals surface area contributed by atoms with Crippen LogP contribution < -0.4 is 19.9 Å². The molecule has 0 aliphatic carbocycles. The summed E-state index contributed by atoms with van der Waals surface area (Å²) in [5.74, 6) is -0.815. The number of nitrogens with one attached hydrogen (secondary N) is 1. The zero-order valence-electron chi connectivity index (χ0n) is 18.7. The normalized spacial score (nSPS) is 13.5. The number of benzene rings is 3. The highest BCUT2D eigenvalue weighted by atomic mass is 16.5. The smallest absolute Gasteiger partial charge is 0.337 e. The fourth-order valence-corrected chi connectivity index (χ4v) is 4.00. The Hall–Kier alpha value is -4.00. The monoisotopic (exact) mass is 445 g/mol. The van der Waals surface area contributed by atoms with Crippen molar-refractivity contribution in [2.24, 2.45) is 0 Å². The molecular formula is C26H27N3O4. The highest BCUT2D eigenvalue weighted by Crippen LogP contribution is 2.26. The van der Waals surface area contributed by atoms with E-state index in [4.69, 9.17) is 4.74 Å². The number of anilines is 3. The number of piperazine rings is 1. The van der Waals surface area contributed by atoms with E-state index in [-0.39, 0.29) is 17.2 Å². The molecule has 1 amide bonds. The van der Waals surface area contributed by atoms with Crippen molar-refractivity contribution in [3.63, 3.8) is 0 Å². The Kier molecular flexibility index (Phi) is 6.49. The second kappa shape index (κ2) is 9.65. The summed E-state index contributed by atoms with van der Waals surface area (Å²) in [6, 6.07) is 20.2. The van der Waals surface area contributed by atoms with Gasteiger partial charge in [-0.15, -0.1) is 0 Å². The highest BCUT2D eigenvalue weighted by Gasteiger charge is 2.21. The molecule has 3 aromatic rings. The van der Waals surface area contributed by atoms with Crippen LogP contribution in [0.4, 0.5) is 17.1 Å². The van der Waals surface area contributed by atoms with Crippen molar-refractivity contribution in [3.05, 3.63) is 83.4 Å². The largest absolute Gasteiger partial charge is 0.497 e. The molecule has 33 heavy (non-hydrogen) atoms. The summed E-state index contributed by atoms with van der Waals surface area (Å²) in [6.45, 7) is 5.35. The van der Waals surface area contributed by atoms with E-state index < -0.39 is 5.97 Å². The van der Waals surface area contributed by atoms with Crippen molar-refractivity contribution in [2.75, 3.05) is 48.4 Å².